The van der Waals surface area contributed by atoms with Crippen LogP contribution in [0.3, 0.4) is 0 Å². The number of hydrogen-bond donors (Lipinski definition) is 2. The van der Waals surface area contributed by atoms with Gasteiger partial charge in [0.2, 0.25) is 0 Å². The number of carbonyl (C=O) groups is 1. The second-order valence-corrected chi connectivity index (χ2v) is 4.76. The molecule has 0 aliphatic heterocycles. The highest BCUT2D eigenvalue weighted by molar-refractivity contribution is 6.32. The van der Waals surface area contributed by atoms with Gasteiger partial charge in [-0.2, -0.15) is 0 Å². The summed E-state index contributed by atoms with van der Waals surface area (Å²) in [4.78, 5) is 11.7. The number of rotatable bonds is 7. The summed E-state index contributed by atoms with van der Waals surface area (Å²) in [7, 11) is 0. The van der Waals surface area contributed by atoms with Crippen LogP contribution in [-0.4, -0.2) is 25.1 Å². The van der Waals surface area contributed by atoms with Gasteiger partial charge in [-0.05, 0) is 44.0 Å². The van der Waals surface area contributed by atoms with Crippen LogP contribution < -0.4 is 15.8 Å². The molecule has 0 radical (unpaired) electrons. The summed E-state index contributed by atoms with van der Waals surface area (Å²) < 4.78 is 5.56. The first kappa shape index (κ1) is 15.8. The van der Waals surface area contributed by atoms with Gasteiger partial charge in [0.1, 0.15) is 5.75 Å². The first-order chi connectivity index (χ1) is 9.08. The molecule has 1 unspecified atom stereocenters. The molecular formula is C14H21ClN2O2. The van der Waals surface area contributed by atoms with Crippen LogP contribution in [0.2, 0.25) is 5.02 Å². The molecule has 1 aromatic carbocycles. The van der Waals surface area contributed by atoms with E-state index in [2.05, 4.69) is 5.32 Å². The van der Waals surface area contributed by atoms with E-state index in [1.165, 1.54) is 0 Å². The summed E-state index contributed by atoms with van der Waals surface area (Å²) in [5.41, 5.74) is 6.55. The number of carbonyl (C=O) groups excluding carboxylic acids is 1. The fourth-order valence-electron chi connectivity index (χ4n) is 1.60. The lowest BCUT2D eigenvalue weighted by Gasteiger charge is -2.15. The Labute approximate surface area is 119 Å². The smallest absolute Gasteiger partial charge is 0.260 e. The number of nitrogens with two attached hydrogens (primary N) is 1. The molecule has 0 saturated heterocycles. The zero-order chi connectivity index (χ0) is 14.3. The highest BCUT2D eigenvalue weighted by Crippen LogP contribution is 2.26. The molecule has 0 aliphatic carbocycles. The fraction of sp³-hybridized carbons (Fsp3) is 0.500. The lowest BCUT2D eigenvalue weighted by Crippen LogP contribution is -2.36. The Balaban J connectivity index is 2.63. The number of amides is 1. The summed E-state index contributed by atoms with van der Waals surface area (Å²) in [6.45, 7) is 4.93. The van der Waals surface area contributed by atoms with Crippen LogP contribution in [0, 0.1) is 0 Å². The zero-order valence-electron chi connectivity index (χ0n) is 11.4. The van der Waals surface area contributed by atoms with Crippen LogP contribution in [0.5, 0.6) is 5.75 Å². The molecular weight excluding hydrogens is 264 g/mol. The lowest BCUT2D eigenvalue weighted by molar-refractivity contribution is -0.127. The summed E-state index contributed by atoms with van der Waals surface area (Å²) in [5, 5.41) is 3.28. The molecule has 4 nitrogen and oxygen atoms in total. The van der Waals surface area contributed by atoms with Gasteiger partial charge >= 0.3 is 0 Å². The molecule has 1 aromatic rings. The second kappa shape index (κ2) is 8.02. The summed E-state index contributed by atoms with van der Waals surface area (Å²) in [6, 6.07) is 5.50. The maximum atomic E-state index is 11.7. The molecule has 3 N–H and O–H groups in total. The monoisotopic (exact) mass is 284 g/mol. The van der Waals surface area contributed by atoms with Gasteiger partial charge in [0, 0.05) is 6.54 Å². The molecule has 0 heterocycles. The summed E-state index contributed by atoms with van der Waals surface area (Å²) in [5.74, 6) is 0.380. The summed E-state index contributed by atoms with van der Waals surface area (Å²) >= 11 is 6.12. The van der Waals surface area contributed by atoms with E-state index in [4.69, 9.17) is 22.1 Å². The Morgan fingerprint density at radius 3 is 2.84 bits per heavy atom. The van der Waals surface area contributed by atoms with Gasteiger partial charge in [0.15, 0.2) is 6.10 Å². The molecule has 0 aliphatic rings. The molecule has 5 heteroatoms. The molecule has 0 bridgehead atoms. The molecule has 0 aromatic heterocycles. The quantitative estimate of drug-likeness (QED) is 0.806. The Kier molecular flexibility index (Phi) is 6.67. The maximum absolute atomic E-state index is 11.7. The van der Waals surface area contributed by atoms with Crippen LogP contribution in [0.15, 0.2) is 18.2 Å². The van der Waals surface area contributed by atoms with Crippen LogP contribution in [-0.2, 0) is 11.2 Å². The van der Waals surface area contributed by atoms with Crippen molar-refractivity contribution in [3.63, 3.8) is 0 Å². The van der Waals surface area contributed by atoms with Gasteiger partial charge in [0.25, 0.3) is 5.91 Å². The van der Waals surface area contributed by atoms with Crippen molar-refractivity contribution in [1.82, 2.24) is 5.32 Å². The minimum Gasteiger partial charge on any atom is -0.479 e. The van der Waals surface area contributed by atoms with E-state index >= 15 is 0 Å². The first-order valence-corrected chi connectivity index (χ1v) is 6.89. The maximum Gasteiger partial charge on any atom is 0.260 e. The van der Waals surface area contributed by atoms with E-state index in [0.717, 1.165) is 18.4 Å². The summed E-state index contributed by atoms with van der Waals surface area (Å²) in [6.07, 6.45) is 1.10. The molecule has 0 spiro atoms. The molecule has 0 fully saturated rings. The van der Waals surface area contributed by atoms with Gasteiger partial charge in [0.05, 0.1) is 5.02 Å². The Bertz CT molecular complexity index is 424. The number of benzene rings is 1. The van der Waals surface area contributed by atoms with Crippen LogP contribution in [0.1, 0.15) is 25.8 Å². The predicted molar refractivity (Wildman–Crippen MR) is 77.6 cm³/mol. The van der Waals surface area contributed by atoms with Gasteiger partial charge in [-0.1, -0.05) is 24.6 Å². The molecule has 1 amide bonds. The van der Waals surface area contributed by atoms with Crippen molar-refractivity contribution in [3.8, 4) is 5.75 Å². The van der Waals surface area contributed by atoms with Crippen LogP contribution in [0.25, 0.3) is 0 Å². The third-order valence-electron chi connectivity index (χ3n) is 2.65. The van der Waals surface area contributed by atoms with Crippen LogP contribution in [0.4, 0.5) is 0 Å². The Morgan fingerprint density at radius 2 is 2.26 bits per heavy atom. The molecule has 1 atom stereocenters. The van der Waals surface area contributed by atoms with Crippen molar-refractivity contribution in [2.45, 2.75) is 32.8 Å². The Hall–Kier alpha value is -1.26. The topological polar surface area (TPSA) is 64.3 Å². The first-order valence-electron chi connectivity index (χ1n) is 6.51. The second-order valence-electron chi connectivity index (χ2n) is 4.35. The van der Waals surface area contributed by atoms with Crippen molar-refractivity contribution in [3.05, 3.63) is 28.8 Å². The minimum atomic E-state index is -0.565. The van der Waals surface area contributed by atoms with E-state index in [1.807, 2.05) is 19.1 Å². The van der Waals surface area contributed by atoms with E-state index in [1.54, 1.807) is 13.0 Å². The van der Waals surface area contributed by atoms with Crippen molar-refractivity contribution >= 4 is 17.5 Å². The standard InChI is InChI=1S/C14H21ClN2O2/c1-3-8-17-14(18)10(2)19-13-5-4-11(6-7-16)9-12(13)15/h4-5,9-10H,3,6-8,16H2,1-2H3,(H,17,18). The van der Waals surface area contributed by atoms with E-state index < -0.39 is 6.10 Å². The Morgan fingerprint density at radius 1 is 1.53 bits per heavy atom. The zero-order valence-corrected chi connectivity index (χ0v) is 12.2. The normalized spacial score (nSPS) is 12.0. The minimum absolute atomic E-state index is 0.135. The van der Waals surface area contributed by atoms with Crippen molar-refractivity contribution in [1.29, 1.82) is 0 Å². The number of nitrogens with one attached hydrogen (secondary N) is 1. The number of ether oxygens (including phenoxy) is 1. The third-order valence-corrected chi connectivity index (χ3v) is 2.95. The lowest BCUT2D eigenvalue weighted by atomic mass is 10.1. The number of hydrogen-bond acceptors (Lipinski definition) is 3. The third kappa shape index (κ3) is 5.09. The fourth-order valence-corrected chi connectivity index (χ4v) is 1.85. The van der Waals surface area contributed by atoms with Crippen LogP contribution >= 0.6 is 11.6 Å². The van der Waals surface area contributed by atoms with Gasteiger partial charge in [-0.25, -0.2) is 0 Å². The van der Waals surface area contributed by atoms with Gasteiger partial charge in [-0.3, -0.25) is 4.79 Å². The highest BCUT2D eigenvalue weighted by atomic mass is 35.5. The van der Waals surface area contributed by atoms with E-state index in [9.17, 15) is 4.79 Å². The largest absolute Gasteiger partial charge is 0.479 e. The van der Waals surface area contributed by atoms with Crippen molar-refractivity contribution in [2.24, 2.45) is 5.73 Å². The van der Waals surface area contributed by atoms with E-state index in [-0.39, 0.29) is 5.91 Å². The van der Waals surface area contributed by atoms with E-state index in [0.29, 0.717) is 23.9 Å². The molecule has 19 heavy (non-hydrogen) atoms. The van der Waals surface area contributed by atoms with Crippen molar-refractivity contribution in [2.75, 3.05) is 13.1 Å². The molecule has 106 valence electrons. The average Bonchev–Trinajstić information content (AvgIpc) is 2.39. The number of halogens is 1. The predicted octanol–water partition coefficient (Wildman–Crippen LogP) is 2.13. The van der Waals surface area contributed by atoms with Gasteiger partial charge < -0.3 is 15.8 Å². The molecule has 0 saturated carbocycles. The van der Waals surface area contributed by atoms with Gasteiger partial charge in [-0.15, -0.1) is 0 Å². The molecule has 1 rings (SSSR count). The average molecular weight is 285 g/mol. The highest BCUT2D eigenvalue weighted by Gasteiger charge is 2.15. The van der Waals surface area contributed by atoms with Crippen molar-refractivity contribution < 1.29 is 9.53 Å². The SMILES string of the molecule is CCCNC(=O)C(C)Oc1ccc(CCN)cc1Cl.